The van der Waals surface area contributed by atoms with Gasteiger partial charge in [0, 0.05) is 24.1 Å². The van der Waals surface area contributed by atoms with Gasteiger partial charge in [-0.3, -0.25) is 4.79 Å². The van der Waals surface area contributed by atoms with E-state index >= 15 is 0 Å². The molecule has 1 aromatic carbocycles. The van der Waals surface area contributed by atoms with E-state index in [0.717, 1.165) is 18.4 Å². The summed E-state index contributed by atoms with van der Waals surface area (Å²) in [7, 11) is 0. The standard InChI is InChI=1S/C18H19FN4O2/c1-2-7-20-11-17(24)23-12-3-4-16(14(19)10-12)25-15-6-9-22-18-13(15)5-8-21-18/h3-6,8-10,20H,2,7,11H2,1H3,(H,21,22)(H,23,24). The molecule has 0 aliphatic heterocycles. The number of carbonyl (C=O) groups excluding carboxylic acids is 1. The highest BCUT2D eigenvalue weighted by atomic mass is 19.1. The molecule has 0 atom stereocenters. The second-order valence-corrected chi connectivity index (χ2v) is 5.52. The van der Waals surface area contributed by atoms with Gasteiger partial charge in [-0.2, -0.15) is 0 Å². The maximum Gasteiger partial charge on any atom is 0.238 e. The van der Waals surface area contributed by atoms with Crippen LogP contribution in [0.5, 0.6) is 11.5 Å². The SMILES string of the molecule is CCCNCC(=O)Nc1ccc(Oc2ccnc3[nH]ccc23)c(F)c1. The fourth-order valence-electron chi connectivity index (χ4n) is 2.39. The number of nitrogens with one attached hydrogen (secondary N) is 3. The highest BCUT2D eigenvalue weighted by Crippen LogP contribution is 2.30. The van der Waals surface area contributed by atoms with Crippen molar-refractivity contribution in [3.8, 4) is 11.5 Å². The van der Waals surface area contributed by atoms with Gasteiger partial charge in [0.15, 0.2) is 11.6 Å². The van der Waals surface area contributed by atoms with E-state index in [9.17, 15) is 9.18 Å². The minimum Gasteiger partial charge on any atom is -0.453 e. The first-order valence-corrected chi connectivity index (χ1v) is 8.07. The summed E-state index contributed by atoms with van der Waals surface area (Å²) in [4.78, 5) is 18.9. The molecule has 0 radical (unpaired) electrons. The molecule has 6 nitrogen and oxygen atoms in total. The number of hydrogen-bond acceptors (Lipinski definition) is 4. The van der Waals surface area contributed by atoms with Crippen molar-refractivity contribution in [1.29, 1.82) is 0 Å². The Morgan fingerprint density at radius 1 is 1.28 bits per heavy atom. The molecule has 0 fully saturated rings. The van der Waals surface area contributed by atoms with Gasteiger partial charge in [0.2, 0.25) is 5.91 Å². The van der Waals surface area contributed by atoms with E-state index in [1.807, 2.05) is 13.0 Å². The summed E-state index contributed by atoms with van der Waals surface area (Å²) in [5, 5.41) is 6.40. The van der Waals surface area contributed by atoms with Crippen molar-refractivity contribution < 1.29 is 13.9 Å². The number of aromatic amines is 1. The number of halogens is 1. The zero-order valence-corrected chi connectivity index (χ0v) is 13.8. The number of aromatic nitrogens is 2. The van der Waals surface area contributed by atoms with Gasteiger partial charge in [0.1, 0.15) is 11.4 Å². The molecule has 1 amide bonds. The molecule has 130 valence electrons. The van der Waals surface area contributed by atoms with E-state index in [2.05, 4.69) is 20.6 Å². The normalized spacial score (nSPS) is 10.8. The second kappa shape index (κ2) is 7.76. The molecule has 2 heterocycles. The Balaban J connectivity index is 1.70. The van der Waals surface area contributed by atoms with Crippen LogP contribution in [0.25, 0.3) is 11.0 Å². The summed E-state index contributed by atoms with van der Waals surface area (Å²) in [5.41, 5.74) is 1.05. The van der Waals surface area contributed by atoms with Crippen LogP contribution in [0.2, 0.25) is 0 Å². The van der Waals surface area contributed by atoms with Crippen LogP contribution in [0.1, 0.15) is 13.3 Å². The first-order chi connectivity index (χ1) is 12.2. The molecule has 2 aromatic heterocycles. The number of rotatable bonds is 7. The van der Waals surface area contributed by atoms with E-state index in [4.69, 9.17) is 4.74 Å². The van der Waals surface area contributed by atoms with Crippen molar-refractivity contribution in [1.82, 2.24) is 15.3 Å². The number of H-pyrrole nitrogens is 1. The summed E-state index contributed by atoms with van der Waals surface area (Å²) in [6.07, 6.45) is 4.27. The van der Waals surface area contributed by atoms with Crippen molar-refractivity contribution in [3.63, 3.8) is 0 Å². The molecule has 0 saturated heterocycles. The molecule has 0 saturated carbocycles. The van der Waals surface area contributed by atoms with Gasteiger partial charge in [-0.25, -0.2) is 9.37 Å². The maximum atomic E-state index is 14.3. The Kier molecular flexibility index (Phi) is 5.25. The third kappa shape index (κ3) is 4.13. The third-order valence-corrected chi connectivity index (χ3v) is 3.57. The second-order valence-electron chi connectivity index (χ2n) is 5.52. The number of benzene rings is 1. The minimum atomic E-state index is -0.556. The number of anilines is 1. The van der Waals surface area contributed by atoms with Gasteiger partial charge in [-0.1, -0.05) is 6.92 Å². The van der Waals surface area contributed by atoms with Crippen LogP contribution in [-0.4, -0.2) is 29.0 Å². The summed E-state index contributed by atoms with van der Waals surface area (Å²) < 4.78 is 20.0. The molecule has 0 spiro atoms. The highest BCUT2D eigenvalue weighted by Gasteiger charge is 2.11. The van der Waals surface area contributed by atoms with Gasteiger partial charge in [-0.05, 0) is 37.2 Å². The number of carbonyl (C=O) groups is 1. The van der Waals surface area contributed by atoms with Gasteiger partial charge < -0.3 is 20.4 Å². The smallest absolute Gasteiger partial charge is 0.238 e. The van der Waals surface area contributed by atoms with E-state index in [-0.39, 0.29) is 18.2 Å². The van der Waals surface area contributed by atoms with E-state index in [1.54, 1.807) is 24.5 Å². The van der Waals surface area contributed by atoms with Crippen LogP contribution >= 0.6 is 0 Å². The number of hydrogen-bond donors (Lipinski definition) is 3. The number of amides is 1. The molecule has 0 aliphatic rings. The first-order valence-electron chi connectivity index (χ1n) is 8.07. The predicted octanol–water partition coefficient (Wildman–Crippen LogP) is 3.43. The lowest BCUT2D eigenvalue weighted by molar-refractivity contribution is -0.115. The van der Waals surface area contributed by atoms with Crippen LogP contribution in [0, 0.1) is 5.82 Å². The van der Waals surface area contributed by atoms with Crippen molar-refractivity contribution in [2.75, 3.05) is 18.4 Å². The first kappa shape index (κ1) is 16.9. The Labute approximate surface area is 144 Å². The van der Waals surface area contributed by atoms with Gasteiger partial charge >= 0.3 is 0 Å². The Bertz CT molecular complexity index is 878. The lowest BCUT2D eigenvalue weighted by Gasteiger charge is -2.10. The molecular weight excluding hydrogens is 323 g/mol. The van der Waals surface area contributed by atoms with Crippen molar-refractivity contribution >= 4 is 22.6 Å². The van der Waals surface area contributed by atoms with Crippen LogP contribution < -0.4 is 15.4 Å². The summed E-state index contributed by atoms with van der Waals surface area (Å²) >= 11 is 0. The molecule has 3 rings (SSSR count). The monoisotopic (exact) mass is 342 g/mol. The van der Waals surface area contributed by atoms with Gasteiger partial charge in [0.25, 0.3) is 0 Å². The minimum absolute atomic E-state index is 0.0795. The lowest BCUT2D eigenvalue weighted by Crippen LogP contribution is -2.28. The van der Waals surface area contributed by atoms with Crippen molar-refractivity contribution in [2.24, 2.45) is 0 Å². The summed E-state index contributed by atoms with van der Waals surface area (Å²) in [6.45, 7) is 2.97. The Hall–Kier alpha value is -2.93. The molecule has 25 heavy (non-hydrogen) atoms. The van der Waals surface area contributed by atoms with E-state index in [1.165, 1.54) is 12.1 Å². The zero-order chi connectivity index (χ0) is 17.6. The van der Waals surface area contributed by atoms with Crippen LogP contribution in [0.4, 0.5) is 10.1 Å². The number of pyridine rings is 1. The fourth-order valence-corrected chi connectivity index (χ4v) is 2.39. The largest absolute Gasteiger partial charge is 0.453 e. The number of ether oxygens (including phenoxy) is 1. The van der Waals surface area contributed by atoms with Crippen LogP contribution in [-0.2, 0) is 4.79 Å². The molecule has 7 heteroatoms. The van der Waals surface area contributed by atoms with Crippen LogP contribution in [0.15, 0.2) is 42.7 Å². The molecule has 3 aromatic rings. The van der Waals surface area contributed by atoms with Crippen LogP contribution in [0.3, 0.4) is 0 Å². The van der Waals surface area contributed by atoms with E-state index in [0.29, 0.717) is 17.1 Å². The molecule has 0 aliphatic carbocycles. The molecule has 0 unspecified atom stereocenters. The number of fused-ring (bicyclic) bond motifs is 1. The van der Waals surface area contributed by atoms with Crippen molar-refractivity contribution in [3.05, 3.63) is 48.5 Å². The summed E-state index contributed by atoms with van der Waals surface area (Å²) in [6, 6.07) is 7.82. The van der Waals surface area contributed by atoms with Gasteiger partial charge in [-0.15, -0.1) is 0 Å². The highest BCUT2D eigenvalue weighted by molar-refractivity contribution is 5.92. The number of nitrogens with zero attached hydrogens (tertiary/aromatic N) is 1. The molecule has 0 bridgehead atoms. The maximum absolute atomic E-state index is 14.3. The fraction of sp³-hybridized carbons (Fsp3) is 0.222. The van der Waals surface area contributed by atoms with Gasteiger partial charge in [0.05, 0.1) is 11.9 Å². The lowest BCUT2D eigenvalue weighted by atomic mass is 10.2. The average Bonchev–Trinajstić information content (AvgIpc) is 3.07. The molecule has 3 N–H and O–H groups in total. The topological polar surface area (TPSA) is 79.0 Å². The Morgan fingerprint density at radius 2 is 2.16 bits per heavy atom. The third-order valence-electron chi connectivity index (χ3n) is 3.57. The molecular formula is C18H19FN4O2. The van der Waals surface area contributed by atoms with Crippen molar-refractivity contribution in [2.45, 2.75) is 13.3 Å². The zero-order valence-electron chi connectivity index (χ0n) is 13.8. The quantitative estimate of drug-likeness (QED) is 0.575. The van der Waals surface area contributed by atoms with E-state index < -0.39 is 5.82 Å². The Morgan fingerprint density at radius 3 is 2.96 bits per heavy atom. The summed E-state index contributed by atoms with van der Waals surface area (Å²) in [5.74, 6) is -0.189. The average molecular weight is 342 g/mol. The predicted molar refractivity (Wildman–Crippen MR) is 94.4 cm³/mol.